The van der Waals surface area contributed by atoms with Gasteiger partial charge in [0.2, 0.25) is 15.9 Å². The molecule has 0 radical (unpaired) electrons. The van der Waals surface area contributed by atoms with Crippen LogP contribution in [0.5, 0.6) is 0 Å². The molecule has 1 aromatic rings. The average molecular weight is 290 g/mol. The number of ether oxygens (including phenoxy) is 1. The van der Waals surface area contributed by atoms with Gasteiger partial charge in [0.05, 0.1) is 24.5 Å². The summed E-state index contributed by atoms with van der Waals surface area (Å²) in [5, 5.41) is 8.72. The van der Waals surface area contributed by atoms with Gasteiger partial charge >= 0.3 is 0 Å². The number of hydrogen-bond acceptors (Lipinski definition) is 5. The van der Waals surface area contributed by atoms with Crippen LogP contribution in [-0.2, 0) is 19.6 Å². The van der Waals surface area contributed by atoms with E-state index in [9.17, 15) is 13.2 Å². The summed E-state index contributed by atoms with van der Waals surface area (Å²) in [5.41, 5.74) is 0.416. The van der Waals surface area contributed by atoms with Gasteiger partial charge in [0, 0.05) is 13.7 Å². The van der Waals surface area contributed by atoms with E-state index >= 15 is 0 Å². The summed E-state index contributed by atoms with van der Waals surface area (Å²) in [4.78, 5) is 11.7. The summed E-state index contributed by atoms with van der Waals surface area (Å²) in [5.74, 6) is -0.415. The number of aromatic amines is 1. The molecule has 3 N–H and O–H groups in total. The fourth-order valence-corrected chi connectivity index (χ4v) is 2.73. The Morgan fingerprint density at radius 1 is 1.58 bits per heavy atom. The molecule has 1 rings (SSSR count). The molecule has 1 amide bonds. The van der Waals surface area contributed by atoms with Crippen LogP contribution in [0.25, 0.3) is 0 Å². The molecule has 0 bridgehead atoms. The molecule has 1 unspecified atom stereocenters. The van der Waals surface area contributed by atoms with Gasteiger partial charge in [0.25, 0.3) is 0 Å². The molecule has 0 aliphatic rings. The third-order valence-electron chi connectivity index (χ3n) is 2.40. The van der Waals surface area contributed by atoms with Crippen LogP contribution in [0.2, 0.25) is 0 Å². The van der Waals surface area contributed by atoms with Crippen molar-refractivity contribution in [1.29, 1.82) is 0 Å². The molecular formula is C10H18N4O4S. The molecular weight excluding hydrogens is 272 g/mol. The average Bonchev–Trinajstić information content (AvgIpc) is 2.76. The number of aryl methyl sites for hydroxylation is 1. The lowest BCUT2D eigenvalue weighted by Crippen LogP contribution is -2.45. The molecule has 0 aliphatic heterocycles. The molecule has 0 aromatic carbocycles. The number of aromatic nitrogens is 2. The minimum Gasteiger partial charge on any atom is -0.383 e. The van der Waals surface area contributed by atoms with Gasteiger partial charge in [-0.2, -0.15) is 9.82 Å². The van der Waals surface area contributed by atoms with Crippen LogP contribution in [-0.4, -0.2) is 50.8 Å². The van der Waals surface area contributed by atoms with E-state index in [4.69, 9.17) is 4.74 Å². The Balaban J connectivity index is 2.63. The lowest BCUT2D eigenvalue weighted by molar-refractivity contribution is -0.122. The molecule has 9 heteroatoms. The van der Waals surface area contributed by atoms with Gasteiger partial charge < -0.3 is 10.1 Å². The van der Waals surface area contributed by atoms with Crippen molar-refractivity contribution in [2.45, 2.75) is 24.8 Å². The minimum atomic E-state index is -3.76. The normalized spacial score (nSPS) is 13.2. The Morgan fingerprint density at radius 3 is 2.79 bits per heavy atom. The van der Waals surface area contributed by atoms with Gasteiger partial charge in [-0.1, -0.05) is 0 Å². The van der Waals surface area contributed by atoms with Crippen LogP contribution >= 0.6 is 0 Å². The number of rotatable bonds is 7. The minimum absolute atomic E-state index is 0.0315. The topological polar surface area (TPSA) is 113 Å². The molecule has 19 heavy (non-hydrogen) atoms. The third kappa shape index (κ3) is 4.30. The summed E-state index contributed by atoms with van der Waals surface area (Å²) < 4.78 is 31.0. The van der Waals surface area contributed by atoms with Crippen molar-refractivity contribution >= 4 is 15.9 Å². The number of H-pyrrole nitrogens is 1. The van der Waals surface area contributed by atoms with Crippen molar-refractivity contribution < 1.29 is 17.9 Å². The highest BCUT2D eigenvalue weighted by atomic mass is 32.2. The SMILES string of the molecule is COCCNC(=O)C(C)NS(=O)(=O)c1cn[nH]c1C. The first-order chi connectivity index (χ1) is 8.88. The molecule has 8 nitrogen and oxygen atoms in total. The molecule has 0 saturated heterocycles. The van der Waals surface area contributed by atoms with Gasteiger partial charge in [-0.3, -0.25) is 9.89 Å². The van der Waals surface area contributed by atoms with Crippen LogP contribution < -0.4 is 10.0 Å². The molecule has 0 fully saturated rings. The summed E-state index contributed by atoms with van der Waals surface area (Å²) in [6, 6.07) is -0.879. The van der Waals surface area contributed by atoms with E-state index in [-0.39, 0.29) is 4.90 Å². The Labute approximate surface area is 112 Å². The second-order valence-electron chi connectivity index (χ2n) is 3.99. The van der Waals surface area contributed by atoms with Gasteiger partial charge in [0.15, 0.2) is 0 Å². The fraction of sp³-hybridized carbons (Fsp3) is 0.600. The van der Waals surface area contributed by atoms with Crippen molar-refractivity contribution in [2.24, 2.45) is 0 Å². The molecule has 0 aliphatic carbocycles. The van der Waals surface area contributed by atoms with Gasteiger partial charge in [-0.25, -0.2) is 8.42 Å². The quantitative estimate of drug-likeness (QED) is 0.566. The molecule has 1 heterocycles. The largest absolute Gasteiger partial charge is 0.383 e. The van der Waals surface area contributed by atoms with E-state index in [1.54, 1.807) is 6.92 Å². The Morgan fingerprint density at radius 2 is 2.26 bits per heavy atom. The maximum absolute atomic E-state index is 12.0. The zero-order valence-electron chi connectivity index (χ0n) is 11.1. The number of nitrogens with one attached hydrogen (secondary N) is 3. The first-order valence-electron chi connectivity index (χ1n) is 5.67. The van der Waals surface area contributed by atoms with Crippen LogP contribution in [0.15, 0.2) is 11.1 Å². The van der Waals surface area contributed by atoms with E-state index in [1.165, 1.54) is 20.2 Å². The Bertz CT molecular complexity index is 525. The van der Waals surface area contributed by atoms with E-state index in [2.05, 4.69) is 20.2 Å². The van der Waals surface area contributed by atoms with E-state index < -0.39 is 22.0 Å². The van der Waals surface area contributed by atoms with Crippen LogP contribution in [0.4, 0.5) is 0 Å². The second-order valence-corrected chi connectivity index (χ2v) is 5.67. The third-order valence-corrected chi connectivity index (χ3v) is 4.06. The maximum Gasteiger partial charge on any atom is 0.244 e. The van der Waals surface area contributed by atoms with E-state index in [0.29, 0.717) is 18.8 Å². The summed E-state index contributed by atoms with van der Waals surface area (Å²) in [7, 11) is -2.24. The number of methoxy groups -OCH3 is 1. The van der Waals surface area contributed by atoms with Gasteiger partial charge in [0.1, 0.15) is 4.90 Å². The zero-order chi connectivity index (χ0) is 14.5. The predicted molar refractivity (Wildman–Crippen MR) is 68.0 cm³/mol. The van der Waals surface area contributed by atoms with Crippen LogP contribution in [0, 0.1) is 6.92 Å². The Hall–Kier alpha value is -1.45. The molecule has 1 aromatic heterocycles. The monoisotopic (exact) mass is 290 g/mol. The number of sulfonamides is 1. The van der Waals surface area contributed by atoms with Crippen molar-refractivity contribution in [1.82, 2.24) is 20.2 Å². The van der Waals surface area contributed by atoms with Crippen molar-refractivity contribution in [3.8, 4) is 0 Å². The molecule has 108 valence electrons. The number of nitrogens with zero attached hydrogens (tertiary/aromatic N) is 1. The second kappa shape index (κ2) is 6.64. The van der Waals surface area contributed by atoms with Gasteiger partial charge in [-0.05, 0) is 13.8 Å². The molecule has 0 spiro atoms. The fourth-order valence-electron chi connectivity index (χ4n) is 1.39. The standard InChI is InChI=1S/C10H18N4O4S/c1-7-9(6-12-13-7)19(16,17)14-8(2)10(15)11-4-5-18-3/h6,8,14H,4-5H2,1-3H3,(H,11,15)(H,12,13). The smallest absolute Gasteiger partial charge is 0.244 e. The first kappa shape index (κ1) is 15.6. The number of hydrogen-bond donors (Lipinski definition) is 3. The van der Waals surface area contributed by atoms with E-state index in [1.807, 2.05) is 0 Å². The molecule has 0 saturated carbocycles. The number of amides is 1. The van der Waals surface area contributed by atoms with Crippen molar-refractivity contribution in [3.05, 3.63) is 11.9 Å². The van der Waals surface area contributed by atoms with Crippen molar-refractivity contribution in [2.75, 3.05) is 20.3 Å². The molecule has 1 atom stereocenters. The number of carbonyl (C=O) groups is 1. The summed E-state index contributed by atoms with van der Waals surface area (Å²) in [6.45, 7) is 3.75. The highest BCUT2D eigenvalue weighted by Gasteiger charge is 2.24. The van der Waals surface area contributed by atoms with Gasteiger partial charge in [-0.15, -0.1) is 0 Å². The maximum atomic E-state index is 12.0. The zero-order valence-corrected chi connectivity index (χ0v) is 11.9. The highest BCUT2D eigenvalue weighted by Crippen LogP contribution is 2.11. The van der Waals surface area contributed by atoms with E-state index in [0.717, 1.165) is 0 Å². The van der Waals surface area contributed by atoms with Crippen molar-refractivity contribution in [3.63, 3.8) is 0 Å². The van der Waals surface area contributed by atoms with Crippen LogP contribution in [0.3, 0.4) is 0 Å². The summed E-state index contributed by atoms with van der Waals surface area (Å²) in [6.07, 6.45) is 1.20. The lowest BCUT2D eigenvalue weighted by Gasteiger charge is -2.13. The first-order valence-corrected chi connectivity index (χ1v) is 7.15. The predicted octanol–water partition coefficient (Wildman–Crippen LogP) is -0.852. The number of carbonyl (C=O) groups excluding carboxylic acids is 1. The summed E-state index contributed by atoms with van der Waals surface area (Å²) >= 11 is 0. The highest BCUT2D eigenvalue weighted by molar-refractivity contribution is 7.89. The van der Waals surface area contributed by atoms with Crippen LogP contribution in [0.1, 0.15) is 12.6 Å². The Kier molecular flexibility index (Phi) is 5.45. The lowest BCUT2D eigenvalue weighted by atomic mass is 10.3.